The highest BCUT2D eigenvalue weighted by Gasteiger charge is 2.22. The normalized spacial score (nSPS) is 12.2. The SMILES string of the molecule is COc1ccc(C)cc1-c1csc(NC(=O)/C=C/c2cc3c(cc2[N+](=O)[O-])OCO3)n1. The van der Waals surface area contributed by atoms with Crippen molar-refractivity contribution in [2.75, 3.05) is 19.2 Å². The molecule has 0 bridgehead atoms. The number of aryl methyl sites for hydroxylation is 1. The molecule has 0 atom stereocenters. The molecule has 2 heterocycles. The fourth-order valence-electron chi connectivity index (χ4n) is 3.03. The van der Waals surface area contributed by atoms with Crippen LogP contribution in [0.15, 0.2) is 41.8 Å². The number of hydrogen-bond acceptors (Lipinski definition) is 8. The van der Waals surface area contributed by atoms with Crippen molar-refractivity contribution in [2.45, 2.75) is 6.92 Å². The third kappa shape index (κ3) is 4.33. The van der Waals surface area contributed by atoms with E-state index >= 15 is 0 Å². The first-order chi connectivity index (χ1) is 14.9. The summed E-state index contributed by atoms with van der Waals surface area (Å²) in [6, 6.07) is 8.51. The molecule has 158 valence electrons. The summed E-state index contributed by atoms with van der Waals surface area (Å²) in [4.78, 5) is 27.6. The zero-order valence-electron chi connectivity index (χ0n) is 16.6. The Bertz CT molecular complexity index is 1200. The number of ether oxygens (including phenoxy) is 3. The number of aromatic nitrogens is 1. The summed E-state index contributed by atoms with van der Waals surface area (Å²) < 4.78 is 15.8. The molecule has 0 fully saturated rings. The van der Waals surface area contributed by atoms with Gasteiger partial charge >= 0.3 is 0 Å². The van der Waals surface area contributed by atoms with E-state index < -0.39 is 10.8 Å². The molecule has 1 aromatic heterocycles. The van der Waals surface area contributed by atoms with Crippen LogP contribution >= 0.6 is 11.3 Å². The Hall–Kier alpha value is -3.92. The number of amides is 1. The minimum absolute atomic E-state index is 0.00174. The molecular weight excluding hydrogens is 422 g/mol. The van der Waals surface area contributed by atoms with Crippen LogP contribution in [0, 0.1) is 17.0 Å². The van der Waals surface area contributed by atoms with Crippen LogP contribution in [0.5, 0.6) is 17.2 Å². The van der Waals surface area contributed by atoms with E-state index in [0.717, 1.165) is 11.1 Å². The lowest BCUT2D eigenvalue weighted by atomic mass is 10.1. The molecule has 0 saturated heterocycles. The van der Waals surface area contributed by atoms with Gasteiger partial charge in [0.1, 0.15) is 5.75 Å². The molecule has 0 saturated carbocycles. The van der Waals surface area contributed by atoms with E-state index in [4.69, 9.17) is 14.2 Å². The van der Waals surface area contributed by atoms with Crippen molar-refractivity contribution in [1.29, 1.82) is 0 Å². The Morgan fingerprint density at radius 2 is 2.06 bits per heavy atom. The molecule has 10 heteroatoms. The predicted octanol–water partition coefficient (Wildman–Crippen LogP) is 4.42. The molecule has 4 rings (SSSR count). The van der Waals surface area contributed by atoms with Crippen molar-refractivity contribution in [3.05, 3.63) is 63.0 Å². The summed E-state index contributed by atoms with van der Waals surface area (Å²) in [6.45, 7) is 1.97. The Kier molecular flexibility index (Phi) is 5.54. The summed E-state index contributed by atoms with van der Waals surface area (Å²) in [5, 5.41) is 16.2. The number of nitrogens with one attached hydrogen (secondary N) is 1. The first kappa shape index (κ1) is 20.4. The largest absolute Gasteiger partial charge is 0.496 e. The molecule has 2 aromatic carbocycles. The number of carbonyl (C=O) groups excluding carboxylic acids is 1. The molecule has 1 N–H and O–H groups in total. The van der Waals surface area contributed by atoms with E-state index in [1.165, 1.54) is 35.6 Å². The number of methoxy groups -OCH3 is 1. The van der Waals surface area contributed by atoms with Crippen LogP contribution < -0.4 is 19.5 Å². The van der Waals surface area contributed by atoms with Crippen LogP contribution in [0.2, 0.25) is 0 Å². The van der Waals surface area contributed by atoms with Crippen LogP contribution in [0.4, 0.5) is 10.8 Å². The van der Waals surface area contributed by atoms with E-state index in [1.807, 2.05) is 30.5 Å². The second kappa shape index (κ2) is 8.44. The smallest absolute Gasteiger partial charge is 0.280 e. The maximum absolute atomic E-state index is 12.3. The van der Waals surface area contributed by atoms with Gasteiger partial charge in [-0.15, -0.1) is 11.3 Å². The minimum Gasteiger partial charge on any atom is -0.496 e. The number of carbonyl (C=O) groups is 1. The summed E-state index contributed by atoms with van der Waals surface area (Å²) in [5.74, 6) is 0.908. The van der Waals surface area contributed by atoms with Crippen LogP contribution in [0.3, 0.4) is 0 Å². The third-order valence-electron chi connectivity index (χ3n) is 4.50. The standard InChI is InChI=1S/C21H17N3O6S/c1-12-3-5-17(28-2)14(7-12)15-10-31-21(22-15)23-20(25)6-4-13-8-18-19(30-11-29-18)9-16(13)24(26)27/h3-10H,11H2,1-2H3,(H,22,23,25)/b6-4+. The number of rotatable bonds is 6. The van der Waals surface area contributed by atoms with E-state index in [0.29, 0.717) is 28.1 Å². The van der Waals surface area contributed by atoms with Gasteiger partial charge in [-0.25, -0.2) is 4.98 Å². The van der Waals surface area contributed by atoms with Gasteiger partial charge in [-0.05, 0) is 31.2 Å². The first-order valence-electron chi connectivity index (χ1n) is 9.12. The number of fused-ring (bicyclic) bond motifs is 1. The van der Waals surface area contributed by atoms with E-state index in [-0.39, 0.29) is 18.0 Å². The van der Waals surface area contributed by atoms with Crippen LogP contribution in [-0.4, -0.2) is 29.7 Å². The lowest BCUT2D eigenvalue weighted by Crippen LogP contribution is -2.07. The summed E-state index contributed by atoms with van der Waals surface area (Å²) >= 11 is 1.27. The highest BCUT2D eigenvalue weighted by molar-refractivity contribution is 7.14. The molecule has 1 amide bonds. The van der Waals surface area contributed by atoms with Gasteiger partial charge in [-0.1, -0.05) is 11.6 Å². The minimum atomic E-state index is -0.540. The number of benzene rings is 2. The summed E-state index contributed by atoms with van der Waals surface area (Å²) in [7, 11) is 1.59. The predicted molar refractivity (Wildman–Crippen MR) is 116 cm³/mol. The zero-order chi connectivity index (χ0) is 22.0. The number of hydrogen-bond donors (Lipinski definition) is 1. The quantitative estimate of drug-likeness (QED) is 0.344. The molecule has 0 unspecified atom stereocenters. The average Bonchev–Trinajstić information content (AvgIpc) is 3.40. The average molecular weight is 439 g/mol. The maximum atomic E-state index is 12.3. The lowest BCUT2D eigenvalue weighted by molar-refractivity contribution is -0.385. The van der Waals surface area contributed by atoms with Gasteiger partial charge in [0.2, 0.25) is 12.7 Å². The zero-order valence-corrected chi connectivity index (χ0v) is 17.4. The fraction of sp³-hybridized carbons (Fsp3) is 0.143. The second-order valence-corrected chi connectivity index (χ2v) is 7.44. The summed E-state index contributed by atoms with van der Waals surface area (Å²) in [6.07, 6.45) is 2.56. The van der Waals surface area contributed by atoms with Crippen molar-refractivity contribution in [2.24, 2.45) is 0 Å². The molecule has 1 aliphatic heterocycles. The summed E-state index contributed by atoms with van der Waals surface area (Å²) in [5.41, 5.74) is 2.61. The Morgan fingerprint density at radius 1 is 1.29 bits per heavy atom. The lowest BCUT2D eigenvalue weighted by Gasteiger charge is -2.07. The van der Waals surface area contributed by atoms with E-state index in [2.05, 4.69) is 10.3 Å². The molecule has 31 heavy (non-hydrogen) atoms. The monoisotopic (exact) mass is 439 g/mol. The van der Waals surface area contributed by atoms with Crippen molar-refractivity contribution in [1.82, 2.24) is 4.98 Å². The van der Waals surface area contributed by atoms with E-state index in [1.54, 1.807) is 7.11 Å². The van der Waals surface area contributed by atoms with Gasteiger partial charge in [-0.3, -0.25) is 20.2 Å². The van der Waals surface area contributed by atoms with Crippen LogP contribution in [0.25, 0.3) is 17.3 Å². The Morgan fingerprint density at radius 3 is 2.81 bits per heavy atom. The molecule has 0 spiro atoms. The van der Waals surface area contributed by atoms with Gasteiger partial charge in [0, 0.05) is 17.0 Å². The van der Waals surface area contributed by atoms with Gasteiger partial charge in [0.15, 0.2) is 16.6 Å². The molecule has 3 aromatic rings. The van der Waals surface area contributed by atoms with Crippen molar-refractivity contribution >= 4 is 34.1 Å². The van der Waals surface area contributed by atoms with Gasteiger partial charge in [0.25, 0.3) is 5.69 Å². The first-order valence-corrected chi connectivity index (χ1v) is 10.00. The molecule has 0 aliphatic carbocycles. The molecule has 9 nitrogen and oxygen atoms in total. The van der Waals surface area contributed by atoms with E-state index in [9.17, 15) is 14.9 Å². The number of nitrogens with zero attached hydrogens (tertiary/aromatic N) is 2. The van der Waals surface area contributed by atoms with Crippen LogP contribution in [-0.2, 0) is 4.79 Å². The number of nitro benzene ring substituents is 1. The fourth-order valence-corrected chi connectivity index (χ4v) is 3.74. The topological polar surface area (TPSA) is 113 Å². The van der Waals surface area contributed by atoms with Gasteiger partial charge in [0.05, 0.1) is 29.4 Å². The number of nitro groups is 1. The number of thiazole rings is 1. The Balaban J connectivity index is 1.51. The molecular formula is C21H17N3O6S. The van der Waals surface area contributed by atoms with Gasteiger partial charge in [-0.2, -0.15) is 0 Å². The highest BCUT2D eigenvalue weighted by atomic mass is 32.1. The van der Waals surface area contributed by atoms with Crippen LogP contribution in [0.1, 0.15) is 11.1 Å². The Labute approximate surface area is 181 Å². The molecule has 0 radical (unpaired) electrons. The van der Waals surface area contributed by atoms with Crippen molar-refractivity contribution in [3.8, 4) is 28.5 Å². The maximum Gasteiger partial charge on any atom is 0.280 e. The second-order valence-electron chi connectivity index (χ2n) is 6.59. The van der Waals surface area contributed by atoms with Crippen molar-refractivity contribution in [3.63, 3.8) is 0 Å². The van der Waals surface area contributed by atoms with Crippen molar-refractivity contribution < 1.29 is 23.9 Å². The highest BCUT2D eigenvalue weighted by Crippen LogP contribution is 2.38. The third-order valence-corrected chi connectivity index (χ3v) is 5.26. The number of anilines is 1. The van der Waals surface area contributed by atoms with Gasteiger partial charge < -0.3 is 14.2 Å². The molecule has 1 aliphatic rings.